The average molecular weight is 401 g/mol. The number of aromatic nitrogens is 2. The Kier molecular flexibility index (Phi) is 5.75. The van der Waals surface area contributed by atoms with Crippen LogP contribution in [0.5, 0.6) is 0 Å². The van der Waals surface area contributed by atoms with Crippen LogP contribution in [0.2, 0.25) is 0 Å². The maximum Gasteiger partial charge on any atom is 0.223 e. The van der Waals surface area contributed by atoms with E-state index in [-0.39, 0.29) is 23.9 Å². The quantitative estimate of drug-likeness (QED) is 0.807. The Bertz CT molecular complexity index is 775. The highest BCUT2D eigenvalue weighted by Crippen LogP contribution is 2.40. The SMILES string of the molecule is CC1(O)CCN(Cc2cncnc2)C(c2cccs2)C1NC(=O)C1CCCC1. The molecule has 0 aromatic carbocycles. The molecule has 7 heteroatoms. The number of likely N-dealkylation sites (tertiary alicyclic amines) is 1. The molecule has 2 aromatic heterocycles. The molecule has 6 nitrogen and oxygen atoms in total. The van der Waals surface area contributed by atoms with Crippen molar-refractivity contribution in [2.45, 2.75) is 63.3 Å². The maximum atomic E-state index is 12.9. The number of aliphatic hydroxyl groups is 1. The van der Waals surface area contributed by atoms with E-state index in [4.69, 9.17) is 0 Å². The number of thiophene rings is 1. The number of hydrogen-bond donors (Lipinski definition) is 2. The van der Waals surface area contributed by atoms with E-state index >= 15 is 0 Å². The van der Waals surface area contributed by atoms with E-state index in [2.05, 4.69) is 31.6 Å². The summed E-state index contributed by atoms with van der Waals surface area (Å²) in [6.07, 6.45) is 9.95. The van der Waals surface area contributed by atoms with Crippen molar-refractivity contribution in [2.75, 3.05) is 6.54 Å². The fourth-order valence-electron chi connectivity index (χ4n) is 4.54. The molecule has 1 amide bonds. The monoisotopic (exact) mass is 400 g/mol. The summed E-state index contributed by atoms with van der Waals surface area (Å²) in [5, 5.41) is 16.5. The van der Waals surface area contributed by atoms with Gasteiger partial charge in [0.25, 0.3) is 0 Å². The van der Waals surface area contributed by atoms with Crippen LogP contribution in [0.3, 0.4) is 0 Å². The number of hydrogen-bond acceptors (Lipinski definition) is 6. The third-order valence-electron chi connectivity index (χ3n) is 6.14. The van der Waals surface area contributed by atoms with Crippen LogP contribution in [0.15, 0.2) is 36.2 Å². The van der Waals surface area contributed by atoms with Crippen LogP contribution >= 0.6 is 11.3 Å². The van der Waals surface area contributed by atoms with Gasteiger partial charge in [0.15, 0.2) is 0 Å². The number of carbonyl (C=O) groups excluding carboxylic acids is 1. The topological polar surface area (TPSA) is 78.3 Å². The van der Waals surface area contributed by atoms with Gasteiger partial charge < -0.3 is 10.4 Å². The standard InChI is InChI=1S/C21H28N4O2S/c1-21(27)8-9-25(13-15-11-22-14-23-12-15)18(17-7-4-10-28-17)19(21)24-20(26)16-5-2-3-6-16/h4,7,10-12,14,16,18-19,27H,2-3,5-6,8-9,13H2,1H3,(H,24,26). The first-order chi connectivity index (χ1) is 13.5. The van der Waals surface area contributed by atoms with Crippen molar-refractivity contribution in [2.24, 2.45) is 5.92 Å². The molecular formula is C21H28N4O2S. The molecule has 1 saturated carbocycles. The third-order valence-corrected chi connectivity index (χ3v) is 7.09. The molecule has 150 valence electrons. The molecule has 28 heavy (non-hydrogen) atoms. The van der Waals surface area contributed by atoms with Crippen molar-refractivity contribution < 1.29 is 9.90 Å². The van der Waals surface area contributed by atoms with Gasteiger partial charge in [0, 0.05) is 41.8 Å². The zero-order valence-corrected chi connectivity index (χ0v) is 17.1. The van der Waals surface area contributed by atoms with Crippen molar-refractivity contribution in [3.8, 4) is 0 Å². The Hall–Kier alpha value is -1.83. The van der Waals surface area contributed by atoms with Gasteiger partial charge >= 0.3 is 0 Å². The summed E-state index contributed by atoms with van der Waals surface area (Å²) in [4.78, 5) is 24.7. The first kappa shape index (κ1) is 19.5. The summed E-state index contributed by atoms with van der Waals surface area (Å²) in [7, 11) is 0. The molecule has 0 radical (unpaired) electrons. The summed E-state index contributed by atoms with van der Waals surface area (Å²) in [6.45, 7) is 3.30. The van der Waals surface area contributed by atoms with Crippen LogP contribution in [0.25, 0.3) is 0 Å². The first-order valence-electron chi connectivity index (χ1n) is 10.1. The van der Waals surface area contributed by atoms with Crippen LogP contribution in [0, 0.1) is 5.92 Å². The number of carbonyl (C=O) groups is 1. The van der Waals surface area contributed by atoms with Crippen molar-refractivity contribution in [1.29, 1.82) is 0 Å². The lowest BCUT2D eigenvalue weighted by Gasteiger charge is -2.49. The highest BCUT2D eigenvalue weighted by atomic mass is 32.1. The molecule has 2 N–H and O–H groups in total. The second-order valence-corrected chi connectivity index (χ2v) is 9.23. The van der Waals surface area contributed by atoms with Gasteiger partial charge in [-0.15, -0.1) is 11.3 Å². The highest BCUT2D eigenvalue weighted by Gasteiger charge is 2.47. The van der Waals surface area contributed by atoms with Gasteiger partial charge in [-0.25, -0.2) is 9.97 Å². The minimum absolute atomic E-state index is 0.0747. The van der Waals surface area contributed by atoms with Gasteiger partial charge in [-0.05, 0) is 37.6 Å². The Labute approximate surface area is 170 Å². The number of rotatable bonds is 5. The van der Waals surface area contributed by atoms with Gasteiger partial charge in [-0.2, -0.15) is 0 Å². The van der Waals surface area contributed by atoms with E-state index in [1.54, 1.807) is 11.3 Å². The predicted octanol–water partition coefficient (Wildman–Crippen LogP) is 2.91. The molecule has 2 aromatic rings. The van der Waals surface area contributed by atoms with Gasteiger partial charge in [-0.1, -0.05) is 18.9 Å². The lowest BCUT2D eigenvalue weighted by atomic mass is 9.81. The summed E-state index contributed by atoms with van der Waals surface area (Å²) >= 11 is 1.67. The van der Waals surface area contributed by atoms with Gasteiger partial charge in [0.05, 0.1) is 17.7 Å². The Morgan fingerprint density at radius 2 is 2.11 bits per heavy atom. The van der Waals surface area contributed by atoms with E-state index in [0.29, 0.717) is 13.0 Å². The molecule has 4 rings (SSSR count). The minimum Gasteiger partial charge on any atom is -0.388 e. The Morgan fingerprint density at radius 3 is 2.79 bits per heavy atom. The van der Waals surface area contributed by atoms with E-state index in [9.17, 15) is 9.90 Å². The average Bonchev–Trinajstić information content (AvgIpc) is 3.39. The predicted molar refractivity (Wildman–Crippen MR) is 109 cm³/mol. The second kappa shape index (κ2) is 8.27. The van der Waals surface area contributed by atoms with Crippen LogP contribution in [-0.2, 0) is 11.3 Å². The van der Waals surface area contributed by atoms with Gasteiger partial charge in [0.2, 0.25) is 5.91 Å². The summed E-state index contributed by atoms with van der Waals surface area (Å²) in [6, 6.07) is 3.70. The van der Waals surface area contributed by atoms with Crippen LogP contribution in [0.1, 0.15) is 55.5 Å². The van der Waals surface area contributed by atoms with Crippen LogP contribution < -0.4 is 5.32 Å². The molecule has 2 fully saturated rings. The van der Waals surface area contributed by atoms with E-state index in [1.165, 1.54) is 6.33 Å². The van der Waals surface area contributed by atoms with E-state index < -0.39 is 5.60 Å². The first-order valence-corrected chi connectivity index (χ1v) is 11.0. The lowest BCUT2D eigenvalue weighted by molar-refractivity contribution is -0.132. The van der Waals surface area contributed by atoms with Crippen LogP contribution in [0.4, 0.5) is 0 Å². The zero-order valence-electron chi connectivity index (χ0n) is 16.3. The number of piperidine rings is 1. The summed E-state index contributed by atoms with van der Waals surface area (Å²) in [5.74, 6) is 0.173. The molecule has 3 unspecified atom stereocenters. The molecule has 3 heterocycles. The molecule has 1 saturated heterocycles. The summed E-state index contributed by atoms with van der Waals surface area (Å²) in [5.41, 5.74) is 0.0820. The van der Waals surface area contributed by atoms with Crippen molar-refractivity contribution >= 4 is 17.2 Å². The zero-order chi connectivity index (χ0) is 19.6. The summed E-state index contributed by atoms with van der Waals surface area (Å²) < 4.78 is 0. The van der Waals surface area contributed by atoms with Crippen molar-refractivity contribution in [3.05, 3.63) is 46.7 Å². The number of amides is 1. The maximum absolute atomic E-state index is 12.9. The van der Waals surface area contributed by atoms with Crippen molar-refractivity contribution in [3.63, 3.8) is 0 Å². The molecule has 2 aliphatic rings. The van der Waals surface area contributed by atoms with Gasteiger partial charge in [-0.3, -0.25) is 9.69 Å². The fourth-order valence-corrected chi connectivity index (χ4v) is 5.43. The molecule has 0 spiro atoms. The minimum atomic E-state index is -0.952. The molecule has 3 atom stereocenters. The molecule has 1 aliphatic carbocycles. The van der Waals surface area contributed by atoms with E-state index in [0.717, 1.165) is 42.7 Å². The highest BCUT2D eigenvalue weighted by molar-refractivity contribution is 7.10. The normalized spacial score (nSPS) is 29.1. The van der Waals surface area contributed by atoms with Crippen LogP contribution in [-0.4, -0.2) is 44.1 Å². The lowest BCUT2D eigenvalue weighted by Crippen LogP contribution is -2.62. The molecule has 0 bridgehead atoms. The second-order valence-electron chi connectivity index (χ2n) is 8.25. The fraction of sp³-hybridized carbons (Fsp3) is 0.571. The third kappa shape index (κ3) is 4.11. The van der Waals surface area contributed by atoms with Crippen molar-refractivity contribution in [1.82, 2.24) is 20.2 Å². The Balaban J connectivity index is 1.62. The largest absolute Gasteiger partial charge is 0.388 e. The molecular weight excluding hydrogens is 372 g/mol. The number of nitrogens with one attached hydrogen (secondary N) is 1. The van der Waals surface area contributed by atoms with Gasteiger partial charge in [0.1, 0.15) is 6.33 Å². The number of nitrogens with zero attached hydrogens (tertiary/aromatic N) is 3. The smallest absolute Gasteiger partial charge is 0.223 e. The Morgan fingerprint density at radius 1 is 1.36 bits per heavy atom. The van der Waals surface area contributed by atoms with E-state index in [1.807, 2.05) is 25.4 Å². The molecule has 1 aliphatic heterocycles.